The number of rotatable bonds is 2. The van der Waals surface area contributed by atoms with E-state index in [-0.39, 0.29) is 11.8 Å². The molecule has 6 nitrogen and oxygen atoms in total. The van der Waals surface area contributed by atoms with Crippen LogP contribution in [0.4, 0.5) is 0 Å². The number of piperidine rings is 1. The maximum atomic E-state index is 12.7. The Labute approximate surface area is 161 Å². The molecule has 1 aliphatic heterocycles. The molecule has 1 aromatic heterocycles. The molecule has 0 bridgehead atoms. The van der Waals surface area contributed by atoms with Crippen LogP contribution in [0.25, 0.3) is 21.0 Å². The number of benzene rings is 2. The first-order valence-electron chi connectivity index (χ1n) is 8.85. The van der Waals surface area contributed by atoms with Gasteiger partial charge in [-0.2, -0.15) is 4.99 Å². The fraction of sp³-hybridized carbons (Fsp3) is 0.368. The van der Waals surface area contributed by atoms with Gasteiger partial charge in [-0.05, 0) is 24.3 Å². The summed E-state index contributed by atoms with van der Waals surface area (Å²) in [7, 11) is -1.26. The van der Waals surface area contributed by atoms with Crippen molar-refractivity contribution in [2.45, 2.75) is 12.8 Å². The third-order valence-electron chi connectivity index (χ3n) is 5.17. The van der Waals surface area contributed by atoms with Crippen LogP contribution in [0.5, 0.6) is 0 Å². The van der Waals surface area contributed by atoms with Gasteiger partial charge in [0.15, 0.2) is 4.80 Å². The predicted octanol–water partition coefficient (Wildman–Crippen LogP) is 2.49. The lowest BCUT2D eigenvalue weighted by Crippen LogP contribution is -2.39. The van der Waals surface area contributed by atoms with Crippen LogP contribution in [0, 0.1) is 5.92 Å². The summed E-state index contributed by atoms with van der Waals surface area (Å²) >= 11 is 1.51. The Balaban J connectivity index is 1.66. The molecule has 0 atom stereocenters. The van der Waals surface area contributed by atoms with Crippen molar-refractivity contribution in [2.75, 3.05) is 19.3 Å². The van der Waals surface area contributed by atoms with Gasteiger partial charge < -0.3 is 4.57 Å². The van der Waals surface area contributed by atoms with Gasteiger partial charge in [0.05, 0.1) is 16.5 Å². The van der Waals surface area contributed by atoms with Crippen LogP contribution >= 0.6 is 11.3 Å². The zero-order chi connectivity index (χ0) is 19.2. The van der Waals surface area contributed by atoms with E-state index in [1.165, 1.54) is 21.9 Å². The number of amides is 1. The molecule has 0 saturated carbocycles. The zero-order valence-corrected chi connectivity index (χ0v) is 16.9. The molecule has 0 N–H and O–H groups in total. The fourth-order valence-electron chi connectivity index (χ4n) is 3.64. The van der Waals surface area contributed by atoms with Crippen molar-refractivity contribution < 1.29 is 13.2 Å². The van der Waals surface area contributed by atoms with Crippen molar-refractivity contribution in [1.29, 1.82) is 0 Å². The Hall–Kier alpha value is -2.03. The van der Waals surface area contributed by atoms with E-state index >= 15 is 0 Å². The standard InChI is InChI=1S/C19H21N3O3S2/c1-21-17-15-6-4-3-5-13(15)7-8-16(17)26-19(21)20-18(23)14-9-11-22(12-10-14)27(2,24)25/h3-8,14H,9-12H2,1-2H3. The van der Waals surface area contributed by atoms with E-state index in [1.807, 2.05) is 23.7 Å². The number of hydrogen-bond donors (Lipinski definition) is 0. The van der Waals surface area contributed by atoms with E-state index in [1.54, 1.807) is 0 Å². The number of aryl methyl sites for hydroxylation is 1. The van der Waals surface area contributed by atoms with Crippen molar-refractivity contribution >= 4 is 48.3 Å². The largest absolute Gasteiger partial charge is 0.319 e. The molecule has 0 aliphatic carbocycles. The third-order valence-corrected chi connectivity index (χ3v) is 7.57. The number of hydrogen-bond acceptors (Lipinski definition) is 4. The minimum absolute atomic E-state index is 0.158. The average molecular weight is 404 g/mol. The lowest BCUT2D eigenvalue weighted by atomic mass is 9.98. The van der Waals surface area contributed by atoms with Crippen molar-refractivity contribution in [3.63, 3.8) is 0 Å². The SMILES string of the molecule is Cn1c(=NC(=O)C2CCN(S(C)(=O)=O)CC2)sc2ccc3ccccc3c21. The zero-order valence-electron chi connectivity index (χ0n) is 15.3. The lowest BCUT2D eigenvalue weighted by molar-refractivity contribution is -0.122. The van der Waals surface area contributed by atoms with Gasteiger partial charge in [-0.25, -0.2) is 12.7 Å². The summed E-state index contributed by atoms with van der Waals surface area (Å²) in [6.07, 6.45) is 2.25. The van der Waals surface area contributed by atoms with Crippen LogP contribution in [0.15, 0.2) is 41.4 Å². The molecule has 8 heteroatoms. The van der Waals surface area contributed by atoms with Gasteiger partial charge in [-0.15, -0.1) is 0 Å². The van der Waals surface area contributed by atoms with E-state index in [0.29, 0.717) is 30.7 Å². The van der Waals surface area contributed by atoms with E-state index in [2.05, 4.69) is 29.3 Å². The highest BCUT2D eigenvalue weighted by molar-refractivity contribution is 7.88. The number of nitrogens with zero attached hydrogens (tertiary/aromatic N) is 3. The minimum Gasteiger partial charge on any atom is -0.319 e. The summed E-state index contributed by atoms with van der Waals surface area (Å²) in [5.41, 5.74) is 1.08. The van der Waals surface area contributed by atoms with Gasteiger partial charge in [0, 0.05) is 31.4 Å². The Kier molecular flexibility index (Phi) is 4.65. The Morgan fingerprint density at radius 2 is 1.85 bits per heavy atom. The molecule has 1 amide bonds. The van der Waals surface area contributed by atoms with E-state index in [4.69, 9.17) is 0 Å². The van der Waals surface area contributed by atoms with Gasteiger partial charge in [-0.3, -0.25) is 4.79 Å². The average Bonchev–Trinajstić information content (AvgIpc) is 2.97. The maximum Gasteiger partial charge on any atom is 0.251 e. The smallest absolute Gasteiger partial charge is 0.251 e. The summed E-state index contributed by atoms with van der Waals surface area (Å²) in [6, 6.07) is 12.3. The highest BCUT2D eigenvalue weighted by Gasteiger charge is 2.28. The number of thiazole rings is 1. The molecule has 1 aliphatic rings. The number of sulfonamides is 1. The second-order valence-electron chi connectivity index (χ2n) is 6.96. The Morgan fingerprint density at radius 3 is 2.56 bits per heavy atom. The summed E-state index contributed by atoms with van der Waals surface area (Å²) in [5, 5.41) is 2.30. The molecular formula is C19H21N3O3S2. The number of carbonyl (C=O) groups is 1. The predicted molar refractivity (Wildman–Crippen MR) is 108 cm³/mol. The molecule has 0 radical (unpaired) electrons. The normalized spacial score (nSPS) is 17.8. The number of carbonyl (C=O) groups excluding carboxylic acids is 1. The number of aromatic nitrogens is 1. The molecule has 0 spiro atoms. The second kappa shape index (κ2) is 6.85. The summed E-state index contributed by atoms with van der Waals surface area (Å²) in [5.74, 6) is -0.375. The van der Waals surface area contributed by atoms with Crippen molar-refractivity contribution in [2.24, 2.45) is 18.0 Å². The fourth-order valence-corrected chi connectivity index (χ4v) is 5.56. The second-order valence-corrected chi connectivity index (χ2v) is 9.95. The minimum atomic E-state index is -3.19. The van der Waals surface area contributed by atoms with Gasteiger partial charge in [-0.1, -0.05) is 41.7 Å². The van der Waals surface area contributed by atoms with Crippen LogP contribution < -0.4 is 4.80 Å². The third kappa shape index (κ3) is 3.44. The van der Waals surface area contributed by atoms with Gasteiger partial charge in [0.25, 0.3) is 5.91 Å². The first kappa shape index (κ1) is 18.3. The summed E-state index contributed by atoms with van der Waals surface area (Å²) in [4.78, 5) is 17.7. The van der Waals surface area contributed by atoms with Crippen LogP contribution in [-0.2, 0) is 21.9 Å². The molecule has 27 heavy (non-hydrogen) atoms. The Morgan fingerprint density at radius 1 is 1.15 bits per heavy atom. The van der Waals surface area contributed by atoms with Crippen LogP contribution in [0.2, 0.25) is 0 Å². The maximum absolute atomic E-state index is 12.7. The molecule has 0 unspecified atom stereocenters. The molecule has 142 valence electrons. The topological polar surface area (TPSA) is 71.7 Å². The van der Waals surface area contributed by atoms with Crippen molar-refractivity contribution in [3.8, 4) is 0 Å². The molecular weight excluding hydrogens is 382 g/mol. The van der Waals surface area contributed by atoms with E-state index < -0.39 is 10.0 Å². The van der Waals surface area contributed by atoms with Crippen LogP contribution in [0.3, 0.4) is 0 Å². The molecule has 2 aromatic carbocycles. The summed E-state index contributed by atoms with van der Waals surface area (Å²) in [6.45, 7) is 0.766. The van der Waals surface area contributed by atoms with Gasteiger partial charge in [0.1, 0.15) is 0 Å². The highest BCUT2D eigenvalue weighted by atomic mass is 32.2. The quantitative estimate of drug-likeness (QED) is 0.660. The van der Waals surface area contributed by atoms with E-state index in [0.717, 1.165) is 21.0 Å². The number of fused-ring (bicyclic) bond motifs is 3. The van der Waals surface area contributed by atoms with Crippen molar-refractivity contribution in [3.05, 3.63) is 41.2 Å². The van der Waals surface area contributed by atoms with Crippen molar-refractivity contribution in [1.82, 2.24) is 8.87 Å². The Bertz CT molecular complexity index is 1200. The lowest BCUT2D eigenvalue weighted by Gasteiger charge is -2.28. The van der Waals surface area contributed by atoms with Gasteiger partial charge in [0.2, 0.25) is 10.0 Å². The molecule has 3 aromatic rings. The first-order chi connectivity index (χ1) is 12.8. The monoisotopic (exact) mass is 403 g/mol. The van der Waals surface area contributed by atoms with Crippen LogP contribution in [0.1, 0.15) is 12.8 Å². The van der Waals surface area contributed by atoms with E-state index in [9.17, 15) is 13.2 Å². The molecule has 2 heterocycles. The summed E-state index contributed by atoms with van der Waals surface area (Å²) < 4.78 is 27.7. The highest BCUT2D eigenvalue weighted by Crippen LogP contribution is 2.26. The first-order valence-corrected chi connectivity index (χ1v) is 11.5. The van der Waals surface area contributed by atoms with Crippen LogP contribution in [-0.4, -0.2) is 42.5 Å². The molecule has 4 rings (SSSR count). The molecule has 1 fully saturated rings. The van der Waals surface area contributed by atoms with Gasteiger partial charge >= 0.3 is 0 Å². The molecule has 1 saturated heterocycles.